The third-order valence-electron chi connectivity index (χ3n) is 6.22. The van der Waals surface area contributed by atoms with Gasteiger partial charge in [0.2, 0.25) is 15.9 Å². The van der Waals surface area contributed by atoms with Crippen molar-refractivity contribution in [3.63, 3.8) is 0 Å². The normalized spacial score (nSPS) is 15.1. The van der Waals surface area contributed by atoms with Crippen LogP contribution in [0.3, 0.4) is 0 Å². The number of hydrogen-bond acceptors (Lipinski definition) is 7. The summed E-state index contributed by atoms with van der Waals surface area (Å²) >= 11 is 0. The highest BCUT2D eigenvalue weighted by Crippen LogP contribution is 2.37. The first-order valence-corrected chi connectivity index (χ1v) is 14.0. The van der Waals surface area contributed by atoms with Crippen LogP contribution in [0.4, 0.5) is 17.1 Å². The minimum atomic E-state index is -3.46. The van der Waals surface area contributed by atoms with Crippen LogP contribution in [0.2, 0.25) is 0 Å². The summed E-state index contributed by atoms with van der Waals surface area (Å²) in [6.07, 6.45) is 1.85. The molecule has 0 bridgehead atoms. The predicted molar refractivity (Wildman–Crippen MR) is 149 cm³/mol. The number of esters is 1. The molecule has 3 aromatic carbocycles. The van der Waals surface area contributed by atoms with Crippen LogP contribution in [0.15, 0.2) is 77.8 Å². The number of nitrogens with zero attached hydrogens (tertiary/aromatic N) is 2. The minimum Gasteiger partial charge on any atom is -0.465 e. The molecule has 1 unspecified atom stereocenters. The Kier molecular flexibility index (Phi) is 8.23. The summed E-state index contributed by atoms with van der Waals surface area (Å²) in [5, 5.41) is 5.89. The molecule has 0 fully saturated rings. The van der Waals surface area contributed by atoms with Gasteiger partial charge in [-0.05, 0) is 67.5 Å². The Balaban J connectivity index is 1.73. The van der Waals surface area contributed by atoms with E-state index >= 15 is 0 Å². The van der Waals surface area contributed by atoms with Crippen molar-refractivity contribution in [1.29, 1.82) is 0 Å². The van der Waals surface area contributed by atoms with E-state index in [0.29, 0.717) is 53.4 Å². The Bertz CT molecular complexity index is 1450. The zero-order valence-electron chi connectivity index (χ0n) is 21.5. The number of anilines is 2. The maximum Gasteiger partial charge on any atom is 0.337 e. The maximum atomic E-state index is 13.2. The van der Waals surface area contributed by atoms with Crippen LogP contribution in [0, 0.1) is 0 Å². The van der Waals surface area contributed by atoms with Crippen molar-refractivity contribution in [2.75, 3.05) is 43.1 Å². The number of amides is 1. The molecule has 0 spiro atoms. The molecule has 0 saturated heterocycles. The molecule has 4 rings (SSSR count). The second-order valence-electron chi connectivity index (χ2n) is 8.89. The molecular formula is C28H30N4O5S. The number of fused-ring (bicyclic) bond motifs is 1. The predicted octanol–water partition coefficient (Wildman–Crippen LogP) is 3.71. The Morgan fingerprint density at radius 3 is 2.39 bits per heavy atom. The van der Waals surface area contributed by atoms with E-state index in [9.17, 15) is 18.0 Å². The number of hydrogen-bond donors (Lipinski definition) is 2. The summed E-state index contributed by atoms with van der Waals surface area (Å²) in [4.78, 5) is 30.0. The Labute approximate surface area is 222 Å². The minimum absolute atomic E-state index is 0.256. The fourth-order valence-electron chi connectivity index (χ4n) is 4.40. The zero-order chi connectivity index (χ0) is 27.3. The van der Waals surface area contributed by atoms with Crippen LogP contribution >= 0.6 is 0 Å². The number of rotatable bonds is 10. The van der Waals surface area contributed by atoms with Gasteiger partial charge in [0, 0.05) is 12.2 Å². The monoisotopic (exact) mass is 534 g/mol. The molecule has 1 aliphatic heterocycles. The van der Waals surface area contributed by atoms with Crippen molar-refractivity contribution in [1.82, 2.24) is 5.32 Å². The van der Waals surface area contributed by atoms with E-state index < -0.39 is 21.9 Å². The highest BCUT2D eigenvalue weighted by molar-refractivity contribution is 7.92. The molecule has 0 aliphatic carbocycles. The Morgan fingerprint density at radius 2 is 1.76 bits per heavy atom. The van der Waals surface area contributed by atoms with Gasteiger partial charge < -0.3 is 15.4 Å². The van der Waals surface area contributed by atoms with Crippen LogP contribution in [0.5, 0.6) is 0 Å². The lowest BCUT2D eigenvalue weighted by molar-refractivity contribution is -0.115. The van der Waals surface area contributed by atoms with E-state index in [4.69, 9.17) is 9.73 Å². The van der Waals surface area contributed by atoms with Crippen molar-refractivity contribution in [2.45, 2.75) is 12.3 Å². The van der Waals surface area contributed by atoms with Gasteiger partial charge in [0.15, 0.2) is 0 Å². The van der Waals surface area contributed by atoms with Crippen LogP contribution < -0.4 is 14.9 Å². The zero-order valence-corrected chi connectivity index (χ0v) is 22.3. The molecule has 2 N–H and O–H groups in total. The molecule has 0 radical (unpaired) electrons. The molecule has 1 atom stereocenters. The first-order chi connectivity index (χ1) is 18.2. The van der Waals surface area contributed by atoms with Gasteiger partial charge >= 0.3 is 5.97 Å². The van der Waals surface area contributed by atoms with Crippen LogP contribution in [-0.4, -0.2) is 59.5 Å². The Morgan fingerprint density at radius 1 is 1.05 bits per heavy atom. The van der Waals surface area contributed by atoms with Crippen molar-refractivity contribution >= 4 is 44.7 Å². The number of aliphatic imine (C=N–C) groups is 1. The molecule has 38 heavy (non-hydrogen) atoms. The molecule has 0 saturated carbocycles. The molecule has 0 aromatic heterocycles. The molecule has 1 amide bonds. The van der Waals surface area contributed by atoms with Gasteiger partial charge in [0.05, 0.1) is 36.0 Å². The van der Waals surface area contributed by atoms with E-state index in [2.05, 4.69) is 10.6 Å². The van der Waals surface area contributed by atoms with Gasteiger partial charge in [-0.1, -0.05) is 36.4 Å². The SMILES string of the molecule is CNCCCN(c1ccc(N=C(c2ccccc2)C2C(=O)Nc3cc(C(=O)OC)ccc32)cc1)S(C)(=O)=O. The average Bonchev–Trinajstić information content (AvgIpc) is 3.24. The topological polar surface area (TPSA) is 117 Å². The van der Waals surface area contributed by atoms with Crippen LogP contribution in [0.25, 0.3) is 0 Å². The number of ether oxygens (including phenoxy) is 1. The molecule has 1 aliphatic rings. The molecule has 3 aromatic rings. The third-order valence-corrected chi connectivity index (χ3v) is 7.42. The Hall–Kier alpha value is -4.02. The maximum absolute atomic E-state index is 13.2. The number of methoxy groups -OCH3 is 1. The lowest BCUT2D eigenvalue weighted by atomic mass is 9.90. The summed E-state index contributed by atoms with van der Waals surface area (Å²) < 4.78 is 31.0. The van der Waals surface area contributed by atoms with Gasteiger partial charge in [0.1, 0.15) is 5.92 Å². The van der Waals surface area contributed by atoms with Gasteiger partial charge in [0.25, 0.3) is 0 Å². The number of nitrogens with one attached hydrogen (secondary N) is 2. The van der Waals surface area contributed by atoms with Crippen LogP contribution in [0.1, 0.15) is 33.8 Å². The van der Waals surface area contributed by atoms with Crippen molar-refractivity contribution < 1.29 is 22.7 Å². The summed E-state index contributed by atoms with van der Waals surface area (Å²) in [6, 6.07) is 21.3. The van der Waals surface area contributed by atoms with E-state index in [0.717, 1.165) is 5.56 Å². The highest BCUT2D eigenvalue weighted by atomic mass is 32.2. The summed E-state index contributed by atoms with van der Waals surface area (Å²) in [6.45, 7) is 1.05. The van der Waals surface area contributed by atoms with Gasteiger partial charge in [-0.15, -0.1) is 0 Å². The average molecular weight is 535 g/mol. The summed E-state index contributed by atoms with van der Waals surface area (Å²) in [7, 11) is -0.331. The number of carbonyl (C=O) groups excluding carboxylic acids is 2. The molecule has 198 valence electrons. The molecule has 9 nitrogen and oxygen atoms in total. The lowest BCUT2D eigenvalue weighted by Gasteiger charge is -2.22. The number of carbonyl (C=O) groups is 2. The summed E-state index contributed by atoms with van der Waals surface area (Å²) in [5.74, 6) is -1.45. The number of benzene rings is 3. The van der Waals surface area contributed by atoms with E-state index in [1.165, 1.54) is 17.7 Å². The molecule has 10 heteroatoms. The fourth-order valence-corrected chi connectivity index (χ4v) is 5.37. The molecule has 1 heterocycles. The van der Waals surface area contributed by atoms with Crippen molar-refractivity contribution in [2.24, 2.45) is 4.99 Å². The second-order valence-corrected chi connectivity index (χ2v) is 10.8. The smallest absolute Gasteiger partial charge is 0.337 e. The van der Waals surface area contributed by atoms with Gasteiger partial charge in [-0.2, -0.15) is 0 Å². The number of sulfonamides is 1. The van der Waals surface area contributed by atoms with E-state index in [1.807, 2.05) is 37.4 Å². The third kappa shape index (κ3) is 5.92. The standard InChI is InChI=1S/C28H30N4O5S/c1-29-16-7-17-32(38(3,35)36)22-13-11-21(12-14-22)30-26(19-8-5-4-6-9-19)25-23-15-10-20(28(34)37-2)18-24(23)31-27(25)33/h4-6,8-15,18,25,29H,7,16-17H2,1-3H3,(H,31,33). The summed E-state index contributed by atoms with van der Waals surface area (Å²) in [5.41, 5.74) is 4.00. The quantitative estimate of drug-likeness (QED) is 0.233. The van der Waals surface area contributed by atoms with Crippen molar-refractivity contribution in [3.05, 3.63) is 89.5 Å². The lowest BCUT2D eigenvalue weighted by Crippen LogP contribution is -2.32. The van der Waals surface area contributed by atoms with Crippen molar-refractivity contribution in [3.8, 4) is 0 Å². The van der Waals surface area contributed by atoms with E-state index in [1.54, 1.807) is 42.5 Å². The van der Waals surface area contributed by atoms with Gasteiger partial charge in [-0.25, -0.2) is 13.2 Å². The van der Waals surface area contributed by atoms with Crippen LogP contribution in [-0.2, 0) is 19.6 Å². The van der Waals surface area contributed by atoms with E-state index in [-0.39, 0.29) is 5.91 Å². The second kappa shape index (κ2) is 11.6. The first kappa shape index (κ1) is 27.0. The highest BCUT2D eigenvalue weighted by Gasteiger charge is 2.36. The largest absolute Gasteiger partial charge is 0.465 e. The molecular weight excluding hydrogens is 504 g/mol. The first-order valence-electron chi connectivity index (χ1n) is 12.1. The fraction of sp³-hybridized carbons (Fsp3) is 0.250. The van der Waals surface area contributed by atoms with Gasteiger partial charge in [-0.3, -0.25) is 14.1 Å².